The van der Waals surface area contributed by atoms with Gasteiger partial charge in [0, 0.05) is 56.0 Å². The summed E-state index contributed by atoms with van der Waals surface area (Å²) in [6.45, 7) is 0. The van der Waals surface area contributed by atoms with Crippen molar-refractivity contribution in [3.05, 3.63) is 195 Å². The van der Waals surface area contributed by atoms with E-state index in [1.54, 1.807) is 0 Å². The van der Waals surface area contributed by atoms with E-state index in [1.807, 2.05) is 30.2 Å². The number of rotatable bonds is 5. The lowest BCUT2D eigenvalue weighted by molar-refractivity contribution is 0.483. The zero-order valence-corrected chi connectivity index (χ0v) is 32.4. The van der Waals surface area contributed by atoms with Crippen LogP contribution in [0.4, 0.5) is 0 Å². The highest BCUT2D eigenvalue weighted by Gasteiger charge is 2.48. The van der Waals surface area contributed by atoms with Crippen LogP contribution in [0.2, 0.25) is 0 Å². The smallest absolute Gasteiger partial charge is 0.182 e. The highest BCUT2D eigenvalue weighted by Crippen LogP contribution is 2.40. The molecule has 57 heavy (non-hydrogen) atoms. The Hall–Kier alpha value is -6.93. The number of aromatic nitrogens is 4. The molecule has 0 spiro atoms. The Labute approximate surface area is 333 Å². The van der Waals surface area contributed by atoms with Crippen LogP contribution in [-0.4, -0.2) is 27.0 Å². The number of fused-ring (bicyclic) bond motifs is 12. The third kappa shape index (κ3) is 4.70. The first-order valence-electron chi connectivity index (χ1n) is 19.1. The van der Waals surface area contributed by atoms with E-state index < -0.39 is 8.07 Å². The van der Waals surface area contributed by atoms with E-state index in [-0.39, 0.29) is 0 Å². The fraction of sp³-hybridized carbons (Fsp3) is 0. The first-order valence-corrected chi connectivity index (χ1v) is 22.0. The Morgan fingerprint density at radius 2 is 1.21 bits per heavy atom. The number of hydrogen-bond acceptors (Lipinski definition) is 4. The molecule has 12 rings (SSSR count). The lowest BCUT2D eigenvalue weighted by atomic mass is 10.1. The largest absolute Gasteiger partial charge is 0.457 e. The lowest BCUT2D eigenvalue weighted by Gasteiger charge is -2.40. The summed E-state index contributed by atoms with van der Waals surface area (Å²) in [7, 11) is -2.87. The van der Waals surface area contributed by atoms with Crippen molar-refractivity contribution in [2.45, 2.75) is 9.79 Å². The van der Waals surface area contributed by atoms with Crippen LogP contribution in [0.15, 0.2) is 204 Å². The summed E-state index contributed by atoms with van der Waals surface area (Å²) in [6, 6.07) is 63.4. The average Bonchev–Trinajstić information content (AvgIpc) is 3.91. The Bertz CT molecular complexity index is 3340. The van der Waals surface area contributed by atoms with Crippen molar-refractivity contribution < 1.29 is 4.74 Å². The van der Waals surface area contributed by atoms with Crippen LogP contribution in [0.3, 0.4) is 0 Å². The molecule has 0 saturated heterocycles. The van der Waals surface area contributed by atoms with E-state index in [0.29, 0.717) is 0 Å². The van der Waals surface area contributed by atoms with Gasteiger partial charge in [-0.15, -0.1) is 0 Å². The van der Waals surface area contributed by atoms with Crippen LogP contribution in [0, 0.1) is 0 Å². The molecule has 0 N–H and O–H groups in total. The van der Waals surface area contributed by atoms with Crippen molar-refractivity contribution in [2.75, 3.05) is 0 Å². The molecule has 0 fully saturated rings. The summed E-state index contributed by atoms with van der Waals surface area (Å²) >= 11 is 1.85. The molecule has 0 amide bonds. The first-order chi connectivity index (χ1) is 28.3. The number of para-hydroxylation sites is 2. The van der Waals surface area contributed by atoms with Crippen molar-refractivity contribution in [1.29, 1.82) is 0 Å². The number of hydrogen-bond donors (Lipinski definition) is 0. The van der Waals surface area contributed by atoms with Crippen molar-refractivity contribution in [2.24, 2.45) is 0 Å². The van der Waals surface area contributed by atoms with Gasteiger partial charge in [0.05, 0.1) is 16.7 Å². The van der Waals surface area contributed by atoms with Gasteiger partial charge in [-0.2, -0.15) is 0 Å². The summed E-state index contributed by atoms with van der Waals surface area (Å²) < 4.78 is 11.2. The number of imidazole rings is 1. The molecule has 5 heterocycles. The minimum atomic E-state index is -2.87. The summed E-state index contributed by atoms with van der Waals surface area (Å²) in [5.41, 5.74) is 5.08. The van der Waals surface area contributed by atoms with Crippen molar-refractivity contribution in [3.63, 3.8) is 0 Å². The molecule has 5 nitrogen and oxygen atoms in total. The van der Waals surface area contributed by atoms with E-state index in [2.05, 4.69) is 185 Å². The molecule has 0 unspecified atom stereocenters. The Morgan fingerprint density at radius 3 is 2.04 bits per heavy atom. The first kappa shape index (κ1) is 32.3. The molecule has 0 aliphatic carbocycles. The van der Waals surface area contributed by atoms with Crippen LogP contribution in [0.5, 0.6) is 11.5 Å². The maximum Gasteiger partial charge on any atom is 0.182 e. The second-order valence-corrected chi connectivity index (χ2v) is 19.4. The van der Waals surface area contributed by atoms with Gasteiger partial charge in [-0.3, -0.25) is 8.97 Å². The molecule has 268 valence electrons. The van der Waals surface area contributed by atoms with Gasteiger partial charge in [0.1, 0.15) is 22.8 Å². The molecule has 4 aromatic heterocycles. The molecule has 0 saturated carbocycles. The summed E-state index contributed by atoms with van der Waals surface area (Å²) in [5.74, 6) is 1.50. The molecule has 0 bridgehead atoms. The lowest BCUT2D eigenvalue weighted by Crippen LogP contribution is -2.76. The van der Waals surface area contributed by atoms with E-state index in [1.165, 1.54) is 46.7 Å². The second-order valence-electron chi connectivity index (χ2n) is 14.6. The number of benzene rings is 7. The molecule has 7 aromatic carbocycles. The van der Waals surface area contributed by atoms with Crippen molar-refractivity contribution in [3.8, 4) is 17.2 Å². The quantitative estimate of drug-likeness (QED) is 0.129. The minimum Gasteiger partial charge on any atom is -0.457 e. The second kappa shape index (κ2) is 12.5. The topological polar surface area (TPSA) is 44.4 Å². The SMILES string of the molecule is c1ccc([Si]2(c3ccccc3)c3ccccc3Sc3cnc4c(c32)c2ccccc2n4-c2cccc(Oc3ccc4c5ccccc5n5ccnc5c4c3)c2)cc1. The Kier molecular flexibility index (Phi) is 7.11. The average molecular weight is 765 g/mol. The predicted molar refractivity (Wildman–Crippen MR) is 237 cm³/mol. The number of pyridine rings is 2. The third-order valence-electron chi connectivity index (χ3n) is 11.6. The predicted octanol–water partition coefficient (Wildman–Crippen LogP) is 9.77. The molecule has 1 aliphatic heterocycles. The van der Waals surface area contributed by atoms with E-state index >= 15 is 0 Å². The highest BCUT2D eigenvalue weighted by molar-refractivity contribution is 8.00. The fourth-order valence-corrected chi connectivity index (χ4v) is 16.4. The Morgan fingerprint density at radius 1 is 0.509 bits per heavy atom. The van der Waals surface area contributed by atoms with Gasteiger partial charge in [-0.25, -0.2) is 9.97 Å². The van der Waals surface area contributed by atoms with Gasteiger partial charge in [0.25, 0.3) is 0 Å². The van der Waals surface area contributed by atoms with Crippen LogP contribution >= 0.6 is 11.8 Å². The zero-order valence-electron chi connectivity index (χ0n) is 30.6. The minimum absolute atomic E-state index is 0.748. The maximum absolute atomic E-state index is 6.70. The number of ether oxygens (including phenoxy) is 1. The van der Waals surface area contributed by atoms with Crippen LogP contribution in [0.1, 0.15) is 0 Å². The van der Waals surface area contributed by atoms with Crippen LogP contribution in [-0.2, 0) is 0 Å². The number of nitrogens with zero attached hydrogens (tertiary/aromatic N) is 4. The van der Waals surface area contributed by atoms with Crippen molar-refractivity contribution >= 4 is 89.8 Å². The van der Waals surface area contributed by atoms with Gasteiger partial charge >= 0.3 is 0 Å². The molecule has 7 heteroatoms. The molecule has 0 atom stereocenters. The molecular weight excluding hydrogens is 733 g/mol. The summed E-state index contributed by atoms with van der Waals surface area (Å²) in [4.78, 5) is 12.6. The standard InChI is InChI=1S/C50H32N4OSSi/c1-3-16-36(17-4-1)57(37-18-5-2-6-19-37)46-25-12-11-24-44(46)56-45-32-52-50-47(48(45)57)40-21-8-10-23-43(40)54(50)33-14-13-15-34(30-33)55-35-26-27-38-39-20-7-9-22-42(39)53-29-28-51-49(53)41(38)31-35/h1-32H. The van der Waals surface area contributed by atoms with Gasteiger partial charge in [0.15, 0.2) is 8.07 Å². The van der Waals surface area contributed by atoms with E-state index in [0.717, 1.165) is 50.3 Å². The van der Waals surface area contributed by atoms with Gasteiger partial charge < -0.3 is 4.74 Å². The zero-order chi connectivity index (χ0) is 37.5. The normalized spacial score (nSPS) is 13.3. The highest BCUT2D eigenvalue weighted by atomic mass is 32.2. The monoisotopic (exact) mass is 764 g/mol. The van der Waals surface area contributed by atoms with E-state index in [9.17, 15) is 0 Å². The van der Waals surface area contributed by atoms with Crippen LogP contribution in [0.25, 0.3) is 54.9 Å². The van der Waals surface area contributed by atoms with Gasteiger partial charge in [-0.1, -0.05) is 133 Å². The van der Waals surface area contributed by atoms with Crippen LogP contribution < -0.4 is 25.5 Å². The van der Waals surface area contributed by atoms with E-state index in [4.69, 9.17) is 14.7 Å². The maximum atomic E-state index is 6.70. The summed E-state index contributed by atoms with van der Waals surface area (Å²) in [5, 5.41) is 11.3. The van der Waals surface area contributed by atoms with Gasteiger partial charge in [0.2, 0.25) is 0 Å². The third-order valence-corrected chi connectivity index (χ3v) is 18.0. The molecule has 0 radical (unpaired) electrons. The molecular formula is C50H32N4OSSi. The summed E-state index contributed by atoms with van der Waals surface area (Å²) in [6.07, 6.45) is 6.00. The van der Waals surface area contributed by atoms with Crippen molar-refractivity contribution in [1.82, 2.24) is 18.9 Å². The molecule has 11 aromatic rings. The Balaban J connectivity index is 1.07. The molecule has 1 aliphatic rings. The fourth-order valence-electron chi connectivity index (χ4n) is 9.31. The van der Waals surface area contributed by atoms with Gasteiger partial charge in [-0.05, 0) is 74.7 Å².